The molecule has 1 heterocycles. The third-order valence-corrected chi connectivity index (χ3v) is 2.83. The second-order valence-electron chi connectivity index (χ2n) is 4.55. The first-order valence-electron chi connectivity index (χ1n) is 6.06. The van der Waals surface area contributed by atoms with Gasteiger partial charge in [0.05, 0.1) is 6.04 Å². The van der Waals surface area contributed by atoms with Gasteiger partial charge in [0.2, 0.25) is 5.95 Å². The van der Waals surface area contributed by atoms with Crippen LogP contribution in [0.2, 0.25) is 0 Å². The molecule has 0 spiro atoms. The summed E-state index contributed by atoms with van der Waals surface area (Å²) in [5, 5.41) is 7.00. The Bertz CT molecular complexity index is 477. The van der Waals surface area contributed by atoms with E-state index in [1.807, 2.05) is 37.2 Å². The summed E-state index contributed by atoms with van der Waals surface area (Å²) < 4.78 is 0. The molecule has 1 aromatic carbocycles. The molecule has 0 aliphatic carbocycles. The van der Waals surface area contributed by atoms with Crippen LogP contribution in [0.5, 0.6) is 0 Å². The predicted octanol–water partition coefficient (Wildman–Crippen LogP) is 1.50. The van der Waals surface area contributed by atoms with Crippen molar-refractivity contribution >= 4 is 5.95 Å². The molecular formula is C13H19N5. The minimum absolute atomic E-state index is 0.105. The molecule has 0 saturated heterocycles. The Hall–Kier alpha value is -1.88. The number of rotatable bonds is 5. The van der Waals surface area contributed by atoms with Crippen molar-refractivity contribution in [2.75, 3.05) is 19.0 Å². The van der Waals surface area contributed by atoms with Crippen LogP contribution in [0, 0.1) is 0 Å². The van der Waals surface area contributed by atoms with Crippen molar-refractivity contribution in [3.05, 3.63) is 41.7 Å². The second kappa shape index (κ2) is 5.64. The summed E-state index contributed by atoms with van der Waals surface area (Å²) in [6.45, 7) is 0. The number of aromatic nitrogens is 3. The van der Waals surface area contributed by atoms with E-state index in [1.165, 1.54) is 5.56 Å². The molecule has 0 saturated carbocycles. The molecule has 2 rings (SSSR count). The van der Waals surface area contributed by atoms with Crippen molar-refractivity contribution in [2.24, 2.45) is 5.73 Å². The number of benzene rings is 1. The number of aromatic amines is 1. The van der Waals surface area contributed by atoms with Crippen LogP contribution in [-0.4, -0.2) is 29.3 Å². The Morgan fingerprint density at radius 3 is 2.61 bits per heavy atom. The zero-order valence-corrected chi connectivity index (χ0v) is 10.8. The van der Waals surface area contributed by atoms with Crippen LogP contribution >= 0.6 is 0 Å². The molecule has 0 aliphatic rings. The molecule has 3 N–H and O–H groups in total. The lowest BCUT2D eigenvalue weighted by Gasteiger charge is -2.08. The van der Waals surface area contributed by atoms with Crippen LogP contribution in [0.3, 0.4) is 0 Å². The van der Waals surface area contributed by atoms with Gasteiger partial charge in [-0.2, -0.15) is 4.98 Å². The smallest absolute Gasteiger partial charge is 0.244 e. The Balaban J connectivity index is 1.93. The first kappa shape index (κ1) is 12.6. The van der Waals surface area contributed by atoms with Crippen molar-refractivity contribution in [3.8, 4) is 0 Å². The van der Waals surface area contributed by atoms with E-state index < -0.39 is 0 Å². The van der Waals surface area contributed by atoms with E-state index in [9.17, 15) is 0 Å². The van der Waals surface area contributed by atoms with Crippen LogP contribution in [0.1, 0.15) is 23.9 Å². The number of nitrogens with two attached hydrogens (primary N) is 1. The lowest BCUT2D eigenvalue weighted by molar-refractivity contribution is 0.615. The Morgan fingerprint density at radius 1 is 1.28 bits per heavy atom. The number of nitrogens with one attached hydrogen (secondary N) is 1. The summed E-state index contributed by atoms with van der Waals surface area (Å²) in [6.07, 6.45) is 1.80. The normalized spacial score (nSPS) is 12.4. The van der Waals surface area contributed by atoms with Crippen LogP contribution in [0.25, 0.3) is 0 Å². The molecule has 0 amide bonds. The highest BCUT2D eigenvalue weighted by Gasteiger charge is 2.12. The minimum Gasteiger partial charge on any atom is -0.346 e. The summed E-state index contributed by atoms with van der Waals surface area (Å²) in [5.74, 6) is 1.41. The fourth-order valence-electron chi connectivity index (χ4n) is 1.73. The van der Waals surface area contributed by atoms with Crippen molar-refractivity contribution in [1.82, 2.24) is 15.2 Å². The van der Waals surface area contributed by atoms with Gasteiger partial charge >= 0.3 is 0 Å². The van der Waals surface area contributed by atoms with E-state index in [2.05, 4.69) is 27.3 Å². The molecule has 0 radical (unpaired) electrons. The Morgan fingerprint density at radius 2 is 2.00 bits per heavy atom. The zero-order valence-electron chi connectivity index (χ0n) is 10.8. The van der Waals surface area contributed by atoms with Crippen LogP contribution in [0.15, 0.2) is 30.3 Å². The number of nitrogens with zero attached hydrogens (tertiary/aromatic N) is 3. The van der Waals surface area contributed by atoms with Crippen LogP contribution in [0.4, 0.5) is 5.95 Å². The molecule has 2 aromatic rings. The van der Waals surface area contributed by atoms with Gasteiger partial charge in [-0.05, 0) is 18.4 Å². The lowest BCUT2D eigenvalue weighted by Crippen LogP contribution is -2.14. The topological polar surface area (TPSA) is 70.8 Å². The van der Waals surface area contributed by atoms with Crippen LogP contribution in [-0.2, 0) is 6.42 Å². The molecular weight excluding hydrogens is 226 g/mol. The van der Waals surface area contributed by atoms with Gasteiger partial charge in [0, 0.05) is 14.1 Å². The Labute approximate surface area is 107 Å². The molecule has 5 nitrogen and oxygen atoms in total. The lowest BCUT2D eigenvalue weighted by atomic mass is 10.1. The van der Waals surface area contributed by atoms with Gasteiger partial charge < -0.3 is 10.6 Å². The van der Waals surface area contributed by atoms with Crippen molar-refractivity contribution in [2.45, 2.75) is 18.9 Å². The second-order valence-corrected chi connectivity index (χ2v) is 4.55. The average molecular weight is 245 g/mol. The standard InChI is InChI=1S/C13H19N5/c1-18(2)13-15-12(16-17-13)11(14)9-8-10-6-4-3-5-7-10/h3-7,11H,8-9,14H2,1-2H3,(H,15,16,17). The molecule has 0 bridgehead atoms. The highest BCUT2D eigenvalue weighted by Crippen LogP contribution is 2.15. The molecule has 1 atom stereocenters. The minimum atomic E-state index is -0.105. The van der Waals surface area contributed by atoms with Gasteiger partial charge in [-0.15, -0.1) is 5.10 Å². The molecule has 18 heavy (non-hydrogen) atoms. The average Bonchev–Trinajstić information content (AvgIpc) is 2.87. The zero-order chi connectivity index (χ0) is 13.0. The fraction of sp³-hybridized carbons (Fsp3) is 0.385. The monoisotopic (exact) mass is 245 g/mol. The van der Waals surface area contributed by atoms with Gasteiger partial charge in [-0.1, -0.05) is 30.3 Å². The molecule has 1 aromatic heterocycles. The number of H-pyrrole nitrogens is 1. The first-order valence-corrected chi connectivity index (χ1v) is 6.06. The number of hydrogen-bond donors (Lipinski definition) is 2. The summed E-state index contributed by atoms with van der Waals surface area (Å²) >= 11 is 0. The maximum Gasteiger partial charge on any atom is 0.244 e. The summed E-state index contributed by atoms with van der Waals surface area (Å²) in [7, 11) is 3.81. The van der Waals surface area contributed by atoms with Gasteiger partial charge in [-0.25, -0.2) is 0 Å². The number of aryl methyl sites for hydroxylation is 1. The van der Waals surface area contributed by atoms with Crippen molar-refractivity contribution < 1.29 is 0 Å². The number of anilines is 1. The number of hydrogen-bond acceptors (Lipinski definition) is 4. The van der Waals surface area contributed by atoms with Gasteiger partial charge in [-0.3, -0.25) is 5.10 Å². The predicted molar refractivity (Wildman–Crippen MR) is 72.4 cm³/mol. The van der Waals surface area contributed by atoms with E-state index in [0.29, 0.717) is 5.95 Å². The first-order chi connectivity index (χ1) is 8.66. The molecule has 0 aliphatic heterocycles. The molecule has 1 unspecified atom stereocenters. The van der Waals surface area contributed by atoms with Crippen molar-refractivity contribution in [1.29, 1.82) is 0 Å². The summed E-state index contributed by atoms with van der Waals surface area (Å²) in [6, 6.07) is 10.2. The summed E-state index contributed by atoms with van der Waals surface area (Å²) in [5.41, 5.74) is 7.40. The fourth-order valence-corrected chi connectivity index (χ4v) is 1.73. The van der Waals surface area contributed by atoms with E-state index >= 15 is 0 Å². The third-order valence-electron chi connectivity index (χ3n) is 2.83. The molecule has 96 valence electrons. The maximum atomic E-state index is 6.10. The Kier molecular flexibility index (Phi) is 3.94. The highest BCUT2D eigenvalue weighted by molar-refractivity contribution is 5.25. The van der Waals surface area contributed by atoms with Gasteiger partial charge in [0.15, 0.2) is 0 Å². The molecule has 5 heteroatoms. The van der Waals surface area contributed by atoms with Crippen LogP contribution < -0.4 is 10.6 Å². The van der Waals surface area contributed by atoms with Crippen molar-refractivity contribution in [3.63, 3.8) is 0 Å². The highest BCUT2D eigenvalue weighted by atomic mass is 15.3. The van der Waals surface area contributed by atoms with E-state index in [1.54, 1.807) is 0 Å². The third kappa shape index (κ3) is 3.07. The van der Waals surface area contributed by atoms with Gasteiger partial charge in [0.25, 0.3) is 0 Å². The van der Waals surface area contributed by atoms with E-state index in [0.717, 1.165) is 18.7 Å². The van der Waals surface area contributed by atoms with E-state index in [4.69, 9.17) is 5.73 Å². The SMILES string of the molecule is CN(C)c1n[nH]c(C(N)CCc2ccccc2)n1. The quantitative estimate of drug-likeness (QED) is 0.837. The van der Waals surface area contributed by atoms with E-state index in [-0.39, 0.29) is 6.04 Å². The molecule has 0 fully saturated rings. The largest absolute Gasteiger partial charge is 0.346 e. The summed E-state index contributed by atoms with van der Waals surface area (Å²) in [4.78, 5) is 6.21. The van der Waals surface area contributed by atoms with Gasteiger partial charge in [0.1, 0.15) is 5.82 Å². The maximum absolute atomic E-state index is 6.10.